The van der Waals surface area contributed by atoms with Crippen LogP contribution in [0.4, 0.5) is 25.1 Å². The molecule has 1 aliphatic heterocycles. The minimum absolute atomic E-state index is 0.0260. The van der Waals surface area contributed by atoms with E-state index in [1.807, 2.05) is 0 Å². The molecular formula is C24H26ClF2N7O4S. The summed E-state index contributed by atoms with van der Waals surface area (Å²) < 4.78 is 45.8. The molecule has 0 aliphatic carbocycles. The molecule has 1 saturated heterocycles. The molecule has 0 saturated carbocycles. The van der Waals surface area contributed by atoms with Crippen molar-refractivity contribution in [1.82, 2.24) is 19.7 Å². The molecule has 208 valence electrons. The van der Waals surface area contributed by atoms with E-state index in [9.17, 15) is 22.6 Å². The van der Waals surface area contributed by atoms with E-state index in [0.29, 0.717) is 16.8 Å². The molecule has 1 aliphatic rings. The van der Waals surface area contributed by atoms with Gasteiger partial charge in [-0.05, 0) is 31.0 Å². The van der Waals surface area contributed by atoms with Crippen LogP contribution in [0.3, 0.4) is 0 Å². The normalized spacial score (nSPS) is 16.7. The van der Waals surface area contributed by atoms with Crippen LogP contribution in [-0.4, -0.2) is 66.3 Å². The zero-order valence-electron chi connectivity index (χ0n) is 21.3. The van der Waals surface area contributed by atoms with Crippen LogP contribution in [0.5, 0.6) is 0 Å². The fraction of sp³-hybridized carbons (Fsp3) is 0.375. The molecule has 4 rings (SSSR count). The fourth-order valence-electron chi connectivity index (χ4n) is 4.26. The first-order valence-electron chi connectivity index (χ1n) is 11.8. The van der Waals surface area contributed by atoms with Gasteiger partial charge in [0.2, 0.25) is 5.92 Å². The van der Waals surface area contributed by atoms with Crippen molar-refractivity contribution < 1.29 is 27.7 Å². The number of carbonyl (C=O) groups is 2. The van der Waals surface area contributed by atoms with Crippen LogP contribution in [-0.2, 0) is 16.8 Å². The van der Waals surface area contributed by atoms with E-state index in [1.165, 1.54) is 18.3 Å². The molecule has 0 bridgehead atoms. The van der Waals surface area contributed by atoms with Crippen LogP contribution >= 0.6 is 11.6 Å². The number of carboxylic acid groups (broad SMARTS) is 1. The number of rotatable bonds is 5. The van der Waals surface area contributed by atoms with E-state index in [4.69, 9.17) is 16.7 Å². The van der Waals surface area contributed by atoms with E-state index in [0.717, 1.165) is 6.26 Å². The highest BCUT2D eigenvalue weighted by Crippen LogP contribution is 2.38. The lowest BCUT2D eigenvalue weighted by molar-refractivity contribution is -0.0102. The second-order valence-electron chi connectivity index (χ2n) is 9.21. The maximum atomic E-state index is 14.2. The molecule has 3 aromatic heterocycles. The Kier molecular flexibility index (Phi) is 7.89. The van der Waals surface area contributed by atoms with Crippen molar-refractivity contribution in [3.63, 3.8) is 0 Å². The topological polar surface area (TPSA) is 143 Å². The van der Waals surface area contributed by atoms with Crippen LogP contribution in [0.15, 0.2) is 40.1 Å². The zero-order chi connectivity index (χ0) is 28.5. The molecule has 3 aromatic rings. The molecule has 0 spiro atoms. The molecule has 39 heavy (non-hydrogen) atoms. The maximum Gasteiger partial charge on any atom is 0.439 e. The number of hydrogen-bond donors (Lipinski definition) is 2. The lowest BCUT2D eigenvalue weighted by Crippen LogP contribution is -2.30. The van der Waals surface area contributed by atoms with Gasteiger partial charge in [-0.15, -0.1) is 4.36 Å². The largest absolute Gasteiger partial charge is 0.463 e. The van der Waals surface area contributed by atoms with Gasteiger partial charge in [0.15, 0.2) is 0 Å². The number of amides is 2. The van der Waals surface area contributed by atoms with Crippen LogP contribution in [0.2, 0.25) is 5.02 Å². The number of halogens is 3. The third-order valence-electron chi connectivity index (χ3n) is 6.21. The van der Waals surface area contributed by atoms with Gasteiger partial charge in [0.25, 0.3) is 5.91 Å². The lowest BCUT2D eigenvalue weighted by Gasteiger charge is -2.26. The average molecular weight is 582 g/mol. The monoisotopic (exact) mass is 581 g/mol. The zero-order valence-corrected chi connectivity index (χ0v) is 22.9. The Bertz CT molecular complexity index is 1570. The van der Waals surface area contributed by atoms with E-state index in [2.05, 4.69) is 24.7 Å². The van der Waals surface area contributed by atoms with Gasteiger partial charge in [0.1, 0.15) is 20.6 Å². The summed E-state index contributed by atoms with van der Waals surface area (Å²) in [5.74, 6) is -3.27. The Morgan fingerprint density at radius 3 is 2.69 bits per heavy atom. The van der Waals surface area contributed by atoms with Crippen molar-refractivity contribution >= 4 is 44.8 Å². The smallest absolute Gasteiger partial charge is 0.439 e. The van der Waals surface area contributed by atoms with Gasteiger partial charge in [-0.3, -0.25) is 9.48 Å². The van der Waals surface area contributed by atoms with Gasteiger partial charge in [0, 0.05) is 62.9 Å². The molecule has 0 aromatic carbocycles. The Morgan fingerprint density at radius 1 is 1.28 bits per heavy atom. The number of aryl methyl sites for hydroxylation is 1. The summed E-state index contributed by atoms with van der Waals surface area (Å²) in [4.78, 5) is 34.9. The Balaban J connectivity index is 1.79. The second kappa shape index (κ2) is 10.8. The molecule has 1 fully saturated rings. The van der Waals surface area contributed by atoms with Gasteiger partial charge < -0.3 is 15.3 Å². The fourth-order valence-corrected chi connectivity index (χ4v) is 5.50. The number of pyridine rings is 2. The first-order valence-corrected chi connectivity index (χ1v) is 14.1. The van der Waals surface area contributed by atoms with Crippen LogP contribution < -0.4 is 10.2 Å². The third-order valence-corrected chi connectivity index (χ3v) is 8.18. The van der Waals surface area contributed by atoms with Crippen molar-refractivity contribution in [3.05, 3.63) is 46.9 Å². The molecule has 2 amide bonds. The minimum atomic E-state index is -3.38. The van der Waals surface area contributed by atoms with Crippen molar-refractivity contribution in [1.29, 1.82) is 0 Å². The molecule has 1 unspecified atom stereocenters. The van der Waals surface area contributed by atoms with Gasteiger partial charge >= 0.3 is 6.09 Å². The van der Waals surface area contributed by atoms with E-state index in [1.54, 1.807) is 35.9 Å². The molecular weight excluding hydrogens is 556 g/mol. The van der Waals surface area contributed by atoms with Crippen molar-refractivity contribution in [2.75, 3.05) is 29.6 Å². The van der Waals surface area contributed by atoms with Gasteiger partial charge in [0.05, 0.1) is 22.5 Å². The number of carbonyl (C=O) groups excluding carboxylic acids is 1. The summed E-state index contributed by atoms with van der Waals surface area (Å²) in [6, 6.07) is 2.69. The van der Waals surface area contributed by atoms with Crippen LogP contribution in [0, 0.1) is 6.92 Å². The van der Waals surface area contributed by atoms with E-state index >= 15 is 0 Å². The molecule has 2 N–H and O–H groups in total. The summed E-state index contributed by atoms with van der Waals surface area (Å²) >= 11 is 6.68. The number of nitrogens with one attached hydrogen (secondary N) is 1. The standard InChI is InChI=1S/C24H26ClF2N7O4S/c1-14-18(22(35)30-16-5-8-28-17(11-16)39(3,38)32-23(36)37)21(34-9-4-6-24(26,27)7-10-34)31-20(19(14)25)15-12-29-33(2)13-15/h5,8,11-13H,4,6-7,9-10H2,1-3H3,(H,36,37)(H,28,30,35). The average Bonchev–Trinajstić information content (AvgIpc) is 3.19. The number of aromatic nitrogens is 4. The van der Waals surface area contributed by atoms with E-state index < -0.39 is 34.1 Å². The van der Waals surface area contributed by atoms with Gasteiger partial charge in [-0.25, -0.2) is 27.8 Å². The highest BCUT2D eigenvalue weighted by atomic mass is 35.5. The first-order chi connectivity index (χ1) is 18.3. The predicted molar refractivity (Wildman–Crippen MR) is 142 cm³/mol. The maximum absolute atomic E-state index is 14.2. The summed E-state index contributed by atoms with van der Waals surface area (Å²) in [5.41, 5.74) is 1.59. The molecule has 0 radical (unpaired) electrons. The summed E-state index contributed by atoms with van der Waals surface area (Å²) in [5, 5.41) is 15.8. The van der Waals surface area contributed by atoms with Crippen LogP contribution in [0.25, 0.3) is 11.3 Å². The predicted octanol–water partition coefficient (Wildman–Crippen LogP) is 4.85. The summed E-state index contributed by atoms with van der Waals surface area (Å²) in [6.45, 7) is 1.86. The van der Waals surface area contributed by atoms with Crippen molar-refractivity contribution in [3.8, 4) is 11.3 Å². The van der Waals surface area contributed by atoms with E-state index in [-0.39, 0.29) is 53.0 Å². The number of anilines is 2. The lowest BCUT2D eigenvalue weighted by atomic mass is 10.0. The highest BCUT2D eigenvalue weighted by Gasteiger charge is 2.34. The Hall–Kier alpha value is -3.65. The second-order valence-corrected chi connectivity index (χ2v) is 11.8. The van der Waals surface area contributed by atoms with Crippen LogP contribution in [0.1, 0.15) is 35.2 Å². The highest BCUT2D eigenvalue weighted by molar-refractivity contribution is 7.93. The number of hydrogen-bond acceptors (Lipinski definition) is 7. The summed E-state index contributed by atoms with van der Waals surface area (Å²) in [7, 11) is -1.65. The quantitative estimate of drug-likeness (QED) is 0.435. The van der Waals surface area contributed by atoms with Crippen molar-refractivity contribution in [2.45, 2.75) is 37.1 Å². The molecule has 15 heteroatoms. The number of alkyl halides is 2. The molecule has 4 heterocycles. The van der Waals surface area contributed by atoms with Gasteiger partial charge in [-0.1, -0.05) is 11.6 Å². The number of nitrogens with zero attached hydrogens (tertiary/aromatic N) is 6. The van der Waals surface area contributed by atoms with Gasteiger partial charge in [-0.2, -0.15) is 5.10 Å². The first kappa shape index (κ1) is 28.4. The minimum Gasteiger partial charge on any atom is -0.463 e. The third kappa shape index (κ3) is 6.33. The summed E-state index contributed by atoms with van der Waals surface area (Å²) in [6.07, 6.45) is 3.56. The molecule has 11 nitrogen and oxygen atoms in total. The molecule has 1 atom stereocenters. The van der Waals surface area contributed by atoms with Crippen molar-refractivity contribution in [2.24, 2.45) is 11.4 Å². The Morgan fingerprint density at radius 2 is 2.03 bits per heavy atom. The Labute approximate surface area is 228 Å². The SMILES string of the molecule is Cc1c(Cl)c(-c2cnn(C)c2)nc(N2CCCC(F)(F)CC2)c1C(=O)Nc1ccnc(S(C)(=O)=NC(=O)O)c1.